The van der Waals surface area contributed by atoms with Gasteiger partial charge in [-0.3, -0.25) is 4.99 Å². The lowest BCUT2D eigenvalue weighted by Gasteiger charge is -2.26. The van der Waals surface area contributed by atoms with Crippen molar-refractivity contribution in [1.82, 2.24) is 15.1 Å². The van der Waals surface area contributed by atoms with Gasteiger partial charge in [0.05, 0.1) is 30.3 Å². The molecule has 7 nitrogen and oxygen atoms in total. The summed E-state index contributed by atoms with van der Waals surface area (Å²) in [6.45, 7) is 5.65. The van der Waals surface area contributed by atoms with Crippen LogP contribution in [0.4, 0.5) is 10.2 Å². The summed E-state index contributed by atoms with van der Waals surface area (Å²) in [5.74, 6) is 1.62. The number of halogens is 1. The van der Waals surface area contributed by atoms with Crippen molar-refractivity contribution < 1.29 is 13.7 Å². The number of nitrogens with zero attached hydrogens (tertiary/aromatic N) is 5. The van der Waals surface area contributed by atoms with Crippen LogP contribution in [0, 0.1) is 5.82 Å². The van der Waals surface area contributed by atoms with Crippen molar-refractivity contribution in [1.29, 1.82) is 0 Å². The second-order valence-corrected chi connectivity index (χ2v) is 7.48. The second kappa shape index (κ2) is 6.95. The molecular weight excluding hydrogens is 373 g/mol. The lowest BCUT2D eigenvalue weighted by Crippen LogP contribution is -2.30. The van der Waals surface area contributed by atoms with Crippen molar-refractivity contribution in [2.75, 3.05) is 11.4 Å². The summed E-state index contributed by atoms with van der Waals surface area (Å²) in [6.07, 6.45) is 3.97. The van der Waals surface area contributed by atoms with Gasteiger partial charge in [0.15, 0.2) is 11.6 Å². The quantitative estimate of drug-likeness (QED) is 0.677. The van der Waals surface area contributed by atoms with E-state index in [0.717, 1.165) is 46.9 Å². The largest absolute Gasteiger partial charge is 0.488 e. The van der Waals surface area contributed by atoms with Gasteiger partial charge in [-0.2, -0.15) is 0 Å². The summed E-state index contributed by atoms with van der Waals surface area (Å²) >= 11 is 0. The van der Waals surface area contributed by atoms with Crippen LogP contribution in [0.1, 0.15) is 42.0 Å². The molecule has 4 heterocycles. The van der Waals surface area contributed by atoms with Crippen molar-refractivity contribution in [3.63, 3.8) is 0 Å². The molecule has 0 saturated heterocycles. The fourth-order valence-electron chi connectivity index (χ4n) is 3.74. The molecule has 0 amide bonds. The van der Waals surface area contributed by atoms with Gasteiger partial charge in [0.25, 0.3) is 0 Å². The number of benzene rings is 1. The minimum absolute atomic E-state index is 0.114. The molecule has 2 aliphatic rings. The summed E-state index contributed by atoms with van der Waals surface area (Å²) in [4.78, 5) is 15.6. The maximum atomic E-state index is 14.3. The molecule has 0 saturated carbocycles. The van der Waals surface area contributed by atoms with E-state index < -0.39 is 0 Å². The molecule has 5 rings (SSSR count). The van der Waals surface area contributed by atoms with E-state index in [1.54, 1.807) is 18.6 Å². The zero-order chi connectivity index (χ0) is 20.0. The first-order valence-electron chi connectivity index (χ1n) is 9.62. The number of fused-ring (bicyclic) bond motifs is 2. The first kappa shape index (κ1) is 17.8. The highest BCUT2D eigenvalue weighted by Gasteiger charge is 2.25. The van der Waals surface area contributed by atoms with E-state index in [-0.39, 0.29) is 17.7 Å². The van der Waals surface area contributed by atoms with Crippen molar-refractivity contribution >= 4 is 11.5 Å². The Labute approximate surface area is 167 Å². The molecule has 8 heteroatoms. The van der Waals surface area contributed by atoms with Gasteiger partial charge in [-0.15, -0.1) is 0 Å². The highest BCUT2D eigenvalue weighted by Crippen LogP contribution is 2.31. The Balaban J connectivity index is 1.46. The van der Waals surface area contributed by atoms with Crippen LogP contribution in [0.5, 0.6) is 5.75 Å². The standard InChI is InChI=1S/C21H20FN5O2/c1-12(2)28-19-6-15-13(5-16(19)22)8-23-21(15)17-7-20(25-11-24-17)27-4-3-18-14(10-27)9-26-29-18/h5-7,9,11-12H,3-4,8,10H2,1-2H3. The minimum atomic E-state index is -0.366. The SMILES string of the molecule is CC(C)Oc1cc2c(cc1F)CN=C2c1cc(N2CCc3oncc3C2)ncn1. The summed E-state index contributed by atoms with van der Waals surface area (Å²) in [6, 6.07) is 5.16. The summed E-state index contributed by atoms with van der Waals surface area (Å²) in [5.41, 5.74) is 4.21. The van der Waals surface area contributed by atoms with Crippen LogP contribution >= 0.6 is 0 Å². The van der Waals surface area contributed by atoms with E-state index in [1.807, 2.05) is 19.9 Å². The first-order chi connectivity index (χ1) is 14.1. The Hall–Kier alpha value is -3.29. The molecule has 148 valence electrons. The minimum Gasteiger partial charge on any atom is -0.488 e. The van der Waals surface area contributed by atoms with Crippen LogP contribution in [-0.2, 0) is 19.5 Å². The zero-order valence-electron chi connectivity index (χ0n) is 16.2. The first-order valence-corrected chi connectivity index (χ1v) is 9.62. The smallest absolute Gasteiger partial charge is 0.165 e. The lowest BCUT2D eigenvalue weighted by atomic mass is 10.0. The molecule has 0 fully saturated rings. The monoisotopic (exact) mass is 393 g/mol. The Kier molecular flexibility index (Phi) is 4.26. The van der Waals surface area contributed by atoms with E-state index in [4.69, 9.17) is 9.26 Å². The van der Waals surface area contributed by atoms with Crippen LogP contribution in [-0.4, -0.2) is 33.5 Å². The van der Waals surface area contributed by atoms with Crippen molar-refractivity contribution in [2.24, 2.45) is 4.99 Å². The summed E-state index contributed by atoms with van der Waals surface area (Å²) < 4.78 is 25.2. The Morgan fingerprint density at radius 1 is 1.17 bits per heavy atom. The third-order valence-corrected chi connectivity index (χ3v) is 5.10. The molecule has 0 radical (unpaired) electrons. The maximum Gasteiger partial charge on any atom is 0.165 e. The fraction of sp³-hybridized carbons (Fsp3) is 0.333. The molecule has 0 unspecified atom stereocenters. The molecule has 3 aromatic rings. The normalized spacial score (nSPS) is 15.3. The lowest BCUT2D eigenvalue weighted by molar-refractivity contribution is 0.231. The topological polar surface area (TPSA) is 76.6 Å². The maximum absolute atomic E-state index is 14.3. The molecule has 2 aliphatic heterocycles. The average Bonchev–Trinajstić information content (AvgIpc) is 3.34. The van der Waals surface area contributed by atoms with Crippen LogP contribution in [0.3, 0.4) is 0 Å². The number of rotatable bonds is 4. The van der Waals surface area contributed by atoms with E-state index in [0.29, 0.717) is 18.8 Å². The number of hydrogen-bond acceptors (Lipinski definition) is 7. The van der Waals surface area contributed by atoms with E-state index in [2.05, 4.69) is 25.0 Å². The predicted molar refractivity (Wildman–Crippen MR) is 105 cm³/mol. The molecule has 1 aromatic carbocycles. The molecule has 0 bridgehead atoms. The third-order valence-electron chi connectivity index (χ3n) is 5.10. The average molecular weight is 393 g/mol. The van der Waals surface area contributed by atoms with Crippen LogP contribution in [0.2, 0.25) is 0 Å². The number of aromatic nitrogens is 3. The number of anilines is 1. The van der Waals surface area contributed by atoms with E-state index >= 15 is 0 Å². The van der Waals surface area contributed by atoms with Gasteiger partial charge in [-0.05, 0) is 31.5 Å². The van der Waals surface area contributed by atoms with Crippen LogP contribution in [0.25, 0.3) is 0 Å². The van der Waals surface area contributed by atoms with Gasteiger partial charge in [-0.1, -0.05) is 5.16 Å². The van der Waals surface area contributed by atoms with Gasteiger partial charge in [0.2, 0.25) is 0 Å². The molecule has 0 spiro atoms. The highest BCUT2D eigenvalue weighted by atomic mass is 19.1. The Morgan fingerprint density at radius 3 is 2.93 bits per heavy atom. The third kappa shape index (κ3) is 3.24. The van der Waals surface area contributed by atoms with Crippen molar-refractivity contribution in [3.05, 3.63) is 64.7 Å². The van der Waals surface area contributed by atoms with Gasteiger partial charge in [0, 0.05) is 36.7 Å². The number of hydrogen-bond donors (Lipinski definition) is 0. The van der Waals surface area contributed by atoms with E-state index in [1.165, 1.54) is 6.07 Å². The molecule has 29 heavy (non-hydrogen) atoms. The predicted octanol–water partition coefficient (Wildman–Crippen LogP) is 3.30. The molecule has 0 aliphatic carbocycles. The van der Waals surface area contributed by atoms with E-state index in [9.17, 15) is 4.39 Å². The Bertz CT molecular complexity index is 1110. The summed E-state index contributed by atoms with van der Waals surface area (Å²) in [5, 5.41) is 3.88. The fourth-order valence-corrected chi connectivity index (χ4v) is 3.74. The molecule has 0 atom stereocenters. The van der Waals surface area contributed by atoms with Gasteiger partial charge in [0.1, 0.15) is 17.9 Å². The highest BCUT2D eigenvalue weighted by molar-refractivity contribution is 6.14. The molecule has 0 N–H and O–H groups in total. The van der Waals surface area contributed by atoms with Gasteiger partial charge in [-0.25, -0.2) is 14.4 Å². The van der Waals surface area contributed by atoms with Gasteiger partial charge >= 0.3 is 0 Å². The van der Waals surface area contributed by atoms with Crippen LogP contribution < -0.4 is 9.64 Å². The van der Waals surface area contributed by atoms with Crippen molar-refractivity contribution in [3.8, 4) is 5.75 Å². The molecular formula is C21H20FN5O2. The van der Waals surface area contributed by atoms with Crippen molar-refractivity contribution in [2.45, 2.75) is 39.5 Å². The number of ether oxygens (including phenoxy) is 1. The number of aliphatic imine (C=N–C) groups is 1. The van der Waals surface area contributed by atoms with Gasteiger partial charge < -0.3 is 14.2 Å². The second-order valence-electron chi connectivity index (χ2n) is 7.48. The molecule has 2 aromatic heterocycles. The summed E-state index contributed by atoms with van der Waals surface area (Å²) in [7, 11) is 0. The zero-order valence-corrected chi connectivity index (χ0v) is 16.2. The van der Waals surface area contributed by atoms with Crippen LogP contribution in [0.15, 0.2) is 40.2 Å². The Morgan fingerprint density at radius 2 is 2.07 bits per heavy atom.